The summed E-state index contributed by atoms with van der Waals surface area (Å²) in [5, 5.41) is 6.92. The van der Waals surface area contributed by atoms with E-state index in [2.05, 4.69) is 22.8 Å². The molecule has 0 fully saturated rings. The fraction of sp³-hybridized carbons (Fsp3) is 0.167. The summed E-state index contributed by atoms with van der Waals surface area (Å²) in [5.74, 6) is 0.952. The van der Waals surface area contributed by atoms with Gasteiger partial charge >= 0.3 is 0 Å². The summed E-state index contributed by atoms with van der Waals surface area (Å²) in [6.45, 7) is 0. The smallest absolute Gasteiger partial charge is 0.268 e. The number of benzene rings is 1. The van der Waals surface area contributed by atoms with Crippen molar-refractivity contribution in [2.24, 2.45) is 0 Å². The van der Waals surface area contributed by atoms with Gasteiger partial charge in [0, 0.05) is 16.9 Å². The number of hydrogen-bond acceptors (Lipinski definition) is 4. The molecule has 0 aliphatic heterocycles. The second kappa shape index (κ2) is 5.46. The van der Waals surface area contributed by atoms with Crippen molar-refractivity contribution in [2.75, 3.05) is 7.11 Å². The fourth-order valence-electron chi connectivity index (χ4n) is 1.54. The molecule has 0 spiro atoms. The number of nitrogens with one attached hydrogen (secondary N) is 1. The molecule has 0 saturated heterocycles. The number of methoxy groups -OCH3 is 1. The Morgan fingerprint density at radius 3 is 2.83 bits per heavy atom. The standard InChI is InChI=1S/C12H11ClN2O2S/c1-17-11-3-2-7(4-9(11)13)10-5-8(6-18)12(16)15-14-10/h2-5,18H,6H2,1H3,(H,15,16). The predicted molar refractivity (Wildman–Crippen MR) is 74.5 cm³/mol. The monoisotopic (exact) mass is 282 g/mol. The van der Waals surface area contributed by atoms with Gasteiger partial charge < -0.3 is 4.74 Å². The molecule has 0 unspecified atom stereocenters. The molecule has 1 heterocycles. The number of rotatable bonds is 3. The predicted octanol–water partition coefficient (Wildman–Crippen LogP) is 2.53. The molecule has 1 aromatic heterocycles. The lowest BCUT2D eigenvalue weighted by molar-refractivity contribution is 0.415. The first-order valence-corrected chi connectivity index (χ1v) is 6.20. The van der Waals surface area contributed by atoms with Crippen molar-refractivity contribution in [1.29, 1.82) is 0 Å². The van der Waals surface area contributed by atoms with E-state index in [-0.39, 0.29) is 5.56 Å². The zero-order chi connectivity index (χ0) is 13.1. The SMILES string of the molecule is COc1ccc(-c2cc(CS)c(=O)[nH]n2)cc1Cl. The minimum atomic E-state index is -0.228. The summed E-state index contributed by atoms with van der Waals surface area (Å²) in [7, 11) is 1.55. The van der Waals surface area contributed by atoms with Crippen molar-refractivity contribution >= 4 is 24.2 Å². The zero-order valence-electron chi connectivity index (χ0n) is 9.61. The topological polar surface area (TPSA) is 55.0 Å². The van der Waals surface area contributed by atoms with Gasteiger partial charge in [-0.1, -0.05) is 11.6 Å². The Balaban J connectivity index is 2.48. The molecule has 0 aliphatic carbocycles. The minimum Gasteiger partial charge on any atom is -0.495 e. The van der Waals surface area contributed by atoms with Crippen LogP contribution in [-0.4, -0.2) is 17.3 Å². The van der Waals surface area contributed by atoms with Crippen LogP contribution in [0.4, 0.5) is 0 Å². The van der Waals surface area contributed by atoms with Crippen LogP contribution in [0.2, 0.25) is 5.02 Å². The Morgan fingerprint density at radius 1 is 1.44 bits per heavy atom. The van der Waals surface area contributed by atoms with E-state index in [1.165, 1.54) is 0 Å². The third kappa shape index (κ3) is 2.52. The Bertz CT molecular complexity index is 628. The van der Waals surface area contributed by atoms with Gasteiger partial charge in [0.2, 0.25) is 0 Å². The quantitative estimate of drug-likeness (QED) is 0.851. The van der Waals surface area contributed by atoms with Gasteiger partial charge in [-0.2, -0.15) is 17.7 Å². The Labute approximate surface area is 114 Å². The third-order valence-electron chi connectivity index (χ3n) is 2.50. The highest BCUT2D eigenvalue weighted by molar-refractivity contribution is 7.79. The van der Waals surface area contributed by atoms with Crippen LogP contribution in [0.15, 0.2) is 29.1 Å². The third-order valence-corrected chi connectivity index (χ3v) is 3.13. The van der Waals surface area contributed by atoms with Crippen LogP contribution in [-0.2, 0) is 5.75 Å². The minimum absolute atomic E-state index is 0.228. The highest BCUT2D eigenvalue weighted by atomic mass is 35.5. The van der Waals surface area contributed by atoms with Crippen LogP contribution in [0.5, 0.6) is 5.75 Å². The van der Waals surface area contributed by atoms with Gasteiger partial charge in [0.25, 0.3) is 5.56 Å². The first-order valence-electron chi connectivity index (χ1n) is 5.19. The number of H-pyrrole nitrogens is 1. The lowest BCUT2D eigenvalue weighted by atomic mass is 10.1. The van der Waals surface area contributed by atoms with E-state index < -0.39 is 0 Å². The fourth-order valence-corrected chi connectivity index (χ4v) is 2.03. The molecule has 94 valence electrons. The first kappa shape index (κ1) is 13.0. The maximum absolute atomic E-state index is 11.4. The van der Waals surface area contributed by atoms with Crippen LogP contribution in [0.25, 0.3) is 11.3 Å². The van der Waals surface area contributed by atoms with Crippen LogP contribution >= 0.6 is 24.2 Å². The molecule has 2 rings (SSSR count). The molecular formula is C12H11ClN2O2S. The van der Waals surface area contributed by atoms with Crippen molar-refractivity contribution in [1.82, 2.24) is 10.2 Å². The molecule has 0 saturated carbocycles. The number of halogens is 1. The molecule has 4 nitrogen and oxygen atoms in total. The van der Waals surface area contributed by atoms with Gasteiger partial charge in [0.15, 0.2) is 0 Å². The van der Waals surface area contributed by atoms with Gasteiger partial charge in [-0.05, 0) is 24.3 Å². The maximum atomic E-state index is 11.4. The summed E-state index contributed by atoms with van der Waals surface area (Å²) in [5.41, 5.74) is 1.78. The molecule has 1 aromatic carbocycles. The number of aromatic amines is 1. The summed E-state index contributed by atoms with van der Waals surface area (Å²) in [6, 6.07) is 7.02. The van der Waals surface area contributed by atoms with Crippen molar-refractivity contribution < 1.29 is 4.74 Å². The number of hydrogen-bond donors (Lipinski definition) is 2. The first-order chi connectivity index (χ1) is 8.65. The Morgan fingerprint density at radius 2 is 2.22 bits per heavy atom. The number of ether oxygens (including phenoxy) is 1. The molecule has 0 atom stereocenters. The van der Waals surface area contributed by atoms with Gasteiger partial charge in [-0.25, -0.2) is 5.10 Å². The Kier molecular flexibility index (Phi) is 3.93. The van der Waals surface area contributed by atoms with Gasteiger partial charge in [0.05, 0.1) is 17.8 Å². The number of nitrogens with zero attached hydrogens (tertiary/aromatic N) is 1. The van der Waals surface area contributed by atoms with E-state index in [1.807, 2.05) is 6.07 Å². The van der Waals surface area contributed by atoms with Crippen LogP contribution < -0.4 is 10.3 Å². The molecule has 0 aliphatic rings. The maximum Gasteiger partial charge on any atom is 0.268 e. The average Bonchev–Trinajstić information content (AvgIpc) is 2.39. The van der Waals surface area contributed by atoms with Gasteiger partial charge in [-0.15, -0.1) is 0 Å². The molecule has 0 radical (unpaired) electrons. The number of aromatic nitrogens is 2. The van der Waals surface area contributed by atoms with E-state index in [1.54, 1.807) is 25.3 Å². The van der Waals surface area contributed by atoms with Crippen molar-refractivity contribution in [2.45, 2.75) is 5.75 Å². The molecule has 1 N–H and O–H groups in total. The highest BCUT2D eigenvalue weighted by Gasteiger charge is 2.07. The van der Waals surface area contributed by atoms with Crippen LogP contribution in [0, 0.1) is 0 Å². The van der Waals surface area contributed by atoms with Crippen molar-refractivity contribution in [3.8, 4) is 17.0 Å². The van der Waals surface area contributed by atoms with E-state index in [9.17, 15) is 4.79 Å². The zero-order valence-corrected chi connectivity index (χ0v) is 11.3. The average molecular weight is 283 g/mol. The highest BCUT2D eigenvalue weighted by Crippen LogP contribution is 2.29. The summed E-state index contributed by atoms with van der Waals surface area (Å²) in [4.78, 5) is 11.4. The van der Waals surface area contributed by atoms with Gasteiger partial charge in [0.1, 0.15) is 5.75 Å². The molecule has 0 bridgehead atoms. The number of thiol groups is 1. The second-order valence-corrected chi connectivity index (χ2v) is 4.34. The lowest BCUT2D eigenvalue weighted by Crippen LogP contribution is -2.13. The Hall–Kier alpha value is -1.46. The van der Waals surface area contributed by atoms with Gasteiger partial charge in [-0.3, -0.25) is 4.79 Å². The summed E-state index contributed by atoms with van der Waals surface area (Å²) >= 11 is 10.1. The van der Waals surface area contributed by atoms with Crippen molar-refractivity contribution in [3.63, 3.8) is 0 Å². The largest absolute Gasteiger partial charge is 0.495 e. The molecule has 6 heteroatoms. The van der Waals surface area contributed by atoms with E-state index in [4.69, 9.17) is 16.3 Å². The second-order valence-electron chi connectivity index (χ2n) is 3.61. The van der Waals surface area contributed by atoms with Crippen molar-refractivity contribution in [3.05, 3.63) is 45.2 Å². The van der Waals surface area contributed by atoms with Crippen LogP contribution in [0.1, 0.15) is 5.56 Å². The summed E-state index contributed by atoms with van der Waals surface area (Å²) < 4.78 is 5.08. The molecule has 2 aromatic rings. The van der Waals surface area contributed by atoms with E-state index >= 15 is 0 Å². The van der Waals surface area contributed by atoms with Crippen LogP contribution in [0.3, 0.4) is 0 Å². The summed E-state index contributed by atoms with van der Waals surface area (Å²) in [6.07, 6.45) is 0. The lowest BCUT2D eigenvalue weighted by Gasteiger charge is -2.06. The molecule has 0 amide bonds. The molecule has 18 heavy (non-hydrogen) atoms. The normalized spacial score (nSPS) is 10.4. The van der Waals surface area contributed by atoms with E-state index in [0.717, 1.165) is 5.56 Å². The molecular weight excluding hydrogens is 272 g/mol. The van der Waals surface area contributed by atoms with E-state index in [0.29, 0.717) is 27.8 Å².